The highest BCUT2D eigenvalue weighted by molar-refractivity contribution is 8.00. The maximum absolute atomic E-state index is 13.6. The van der Waals surface area contributed by atoms with Crippen molar-refractivity contribution in [1.29, 1.82) is 0 Å². The predicted molar refractivity (Wildman–Crippen MR) is 136 cm³/mol. The third-order valence-corrected chi connectivity index (χ3v) is 8.02. The lowest BCUT2D eigenvalue weighted by Crippen LogP contribution is -2.21. The molecule has 4 nitrogen and oxygen atoms in total. The van der Waals surface area contributed by atoms with Crippen LogP contribution in [0.15, 0.2) is 65.6 Å². The van der Waals surface area contributed by atoms with Gasteiger partial charge in [0.25, 0.3) is 0 Å². The summed E-state index contributed by atoms with van der Waals surface area (Å²) in [5, 5.41) is 3.30. The molecule has 0 radical (unpaired) electrons. The number of hydrogen-bond donors (Lipinski definition) is 1. The molecule has 1 amide bonds. The van der Waals surface area contributed by atoms with Crippen LogP contribution in [0.25, 0.3) is 0 Å². The molecule has 1 aliphatic rings. The smallest absolute Gasteiger partial charge is 0.341 e. The van der Waals surface area contributed by atoms with Crippen molar-refractivity contribution in [3.05, 3.63) is 82.2 Å². The average molecular weight is 480 g/mol. The van der Waals surface area contributed by atoms with E-state index in [1.165, 1.54) is 28.0 Å². The zero-order valence-corrected chi connectivity index (χ0v) is 20.6. The van der Waals surface area contributed by atoms with Crippen molar-refractivity contribution in [1.82, 2.24) is 0 Å². The summed E-state index contributed by atoms with van der Waals surface area (Å²) in [6.45, 7) is 3.70. The normalized spacial score (nSPS) is 14.3. The van der Waals surface area contributed by atoms with Crippen LogP contribution in [0.4, 0.5) is 5.00 Å². The van der Waals surface area contributed by atoms with E-state index in [0.29, 0.717) is 10.6 Å². The number of carbonyl (C=O) groups excluding carboxylic acids is 2. The molecule has 1 aliphatic carbocycles. The summed E-state index contributed by atoms with van der Waals surface area (Å²) in [4.78, 5) is 28.9. The van der Waals surface area contributed by atoms with Crippen LogP contribution in [0.1, 0.15) is 64.7 Å². The first-order chi connectivity index (χ1) is 16.0. The molecular weight excluding hydrogens is 450 g/mol. The predicted octanol–water partition coefficient (Wildman–Crippen LogP) is 7.05. The number of amides is 1. The summed E-state index contributed by atoms with van der Waals surface area (Å²) in [6, 6.07) is 19.7. The number of anilines is 1. The molecule has 1 N–H and O–H groups in total. The third-order valence-electron chi connectivity index (χ3n) is 5.54. The Hall–Kier alpha value is -2.57. The molecule has 6 heteroatoms. The Labute approximate surface area is 203 Å². The van der Waals surface area contributed by atoms with Gasteiger partial charge in [-0.1, -0.05) is 55.0 Å². The minimum atomic E-state index is -0.440. The van der Waals surface area contributed by atoms with Crippen molar-refractivity contribution in [3.63, 3.8) is 0 Å². The van der Waals surface area contributed by atoms with Crippen molar-refractivity contribution < 1.29 is 14.3 Å². The molecule has 2 aromatic carbocycles. The molecule has 0 spiro atoms. The van der Waals surface area contributed by atoms with Crippen LogP contribution < -0.4 is 5.32 Å². The Morgan fingerprint density at radius 3 is 2.30 bits per heavy atom. The maximum atomic E-state index is 13.6. The number of thioether (sulfide) groups is 1. The first-order valence-electron chi connectivity index (χ1n) is 11.5. The molecule has 1 atom stereocenters. The number of esters is 1. The van der Waals surface area contributed by atoms with E-state index in [2.05, 4.69) is 5.32 Å². The van der Waals surface area contributed by atoms with Gasteiger partial charge < -0.3 is 10.1 Å². The largest absolute Gasteiger partial charge is 0.459 e. The molecule has 3 aromatic rings. The molecule has 172 valence electrons. The number of ether oxygens (including phenoxy) is 1. The Morgan fingerprint density at radius 2 is 1.61 bits per heavy atom. The number of carbonyl (C=O) groups is 2. The number of hydrogen-bond acceptors (Lipinski definition) is 5. The number of thiophene rings is 1. The molecule has 0 bridgehead atoms. The Bertz CT molecular complexity index is 1090. The lowest BCUT2D eigenvalue weighted by Gasteiger charge is -2.17. The van der Waals surface area contributed by atoms with Gasteiger partial charge in [0.15, 0.2) is 0 Å². The van der Waals surface area contributed by atoms with Crippen molar-refractivity contribution in [2.45, 2.75) is 62.2 Å². The van der Waals surface area contributed by atoms with Gasteiger partial charge in [0.05, 0.1) is 11.7 Å². The lowest BCUT2D eigenvalue weighted by atomic mass is 10.1. The summed E-state index contributed by atoms with van der Waals surface area (Å²) >= 11 is 3.04. The monoisotopic (exact) mass is 479 g/mol. The molecule has 0 unspecified atom stereocenters. The van der Waals surface area contributed by atoms with Gasteiger partial charge >= 0.3 is 5.97 Å². The van der Waals surface area contributed by atoms with Crippen LogP contribution in [-0.2, 0) is 22.4 Å². The van der Waals surface area contributed by atoms with E-state index in [-0.39, 0.29) is 18.0 Å². The standard InChI is InChI=1S/C27H29NO3S2/c1-18(2)31-27(30)23-21-16-10-5-11-17-22(21)33-26(23)28-25(29)24(19-12-6-3-7-13-19)32-20-14-8-4-9-15-20/h3-4,6-9,12-15,18,24H,5,10-11,16-17H2,1-2H3,(H,28,29)/t24-/m0/s1. The van der Waals surface area contributed by atoms with Crippen LogP contribution in [0.2, 0.25) is 0 Å². The Morgan fingerprint density at radius 1 is 0.939 bits per heavy atom. The first-order valence-corrected chi connectivity index (χ1v) is 13.2. The van der Waals surface area contributed by atoms with Crippen molar-refractivity contribution in [3.8, 4) is 0 Å². The highest BCUT2D eigenvalue weighted by Gasteiger charge is 2.29. The van der Waals surface area contributed by atoms with E-state index < -0.39 is 5.25 Å². The van der Waals surface area contributed by atoms with Crippen molar-refractivity contribution in [2.75, 3.05) is 5.32 Å². The highest BCUT2D eigenvalue weighted by atomic mass is 32.2. The molecule has 4 rings (SSSR count). The van der Waals surface area contributed by atoms with Gasteiger partial charge in [-0.25, -0.2) is 4.79 Å². The molecule has 0 saturated heterocycles. The van der Waals surface area contributed by atoms with Crippen LogP contribution >= 0.6 is 23.1 Å². The Kier molecular flexibility index (Phi) is 7.89. The van der Waals surface area contributed by atoms with Gasteiger partial charge in [-0.15, -0.1) is 23.1 Å². The second-order valence-corrected chi connectivity index (χ2v) is 10.7. The summed E-state index contributed by atoms with van der Waals surface area (Å²) in [5.41, 5.74) is 2.54. The van der Waals surface area contributed by atoms with Crippen molar-refractivity contribution >= 4 is 40.0 Å². The van der Waals surface area contributed by atoms with Crippen LogP contribution in [0.3, 0.4) is 0 Å². The van der Waals surface area contributed by atoms with E-state index in [9.17, 15) is 9.59 Å². The van der Waals surface area contributed by atoms with Gasteiger partial charge in [0.1, 0.15) is 10.3 Å². The average Bonchev–Trinajstić information content (AvgIpc) is 2.98. The fourth-order valence-corrected chi connectivity index (χ4v) is 6.36. The molecule has 0 aliphatic heterocycles. The minimum absolute atomic E-state index is 0.134. The van der Waals surface area contributed by atoms with E-state index in [0.717, 1.165) is 48.1 Å². The number of nitrogens with one attached hydrogen (secondary N) is 1. The second kappa shape index (κ2) is 11.0. The Balaban J connectivity index is 1.67. The van der Waals surface area contributed by atoms with Crippen LogP contribution in [-0.4, -0.2) is 18.0 Å². The van der Waals surface area contributed by atoms with Gasteiger partial charge in [0.2, 0.25) is 5.91 Å². The van der Waals surface area contributed by atoms with Crippen LogP contribution in [0.5, 0.6) is 0 Å². The molecule has 1 aromatic heterocycles. The van der Waals surface area contributed by atoms with Gasteiger partial charge in [0, 0.05) is 9.77 Å². The van der Waals surface area contributed by atoms with E-state index in [1.54, 1.807) is 0 Å². The summed E-state index contributed by atoms with van der Waals surface area (Å²) in [7, 11) is 0. The van der Waals surface area contributed by atoms with Gasteiger partial charge in [-0.3, -0.25) is 4.79 Å². The number of aryl methyl sites for hydroxylation is 1. The maximum Gasteiger partial charge on any atom is 0.341 e. The SMILES string of the molecule is CC(C)OC(=O)c1c(NC(=O)[C@@H](Sc2ccccc2)c2ccccc2)sc2c1CCCCC2. The fourth-order valence-electron chi connectivity index (χ4n) is 4.03. The van der Waals surface area contributed by atoms with Gasteiger partial charge in [-0.2, -0.15) is 0 Å². The van der Waals surface area contributed by atoms with Gasteiger partial charge in [-0.05, 0) is 62.8 Å². The fraction of sp³-hybridized carbons (Fsp3) is 0.333. The third kappa shape index (κ3) is 5.87. The summed E-state index contributed by atoms with van der Waals surface area (Å²) < 4.78 is 5.58. The van der Waals surface area contributed by atoms with E-state index in [4.69, 9.17) is 4.74 Å². The quantitative estimate of drug-likeness (QED) is 0.224. The lowest BCUT2D eigenvalue weighted by molar-refractivity contribution is -0.115. The topological polar surface area (TPSA) is 55.4 Å². The van der Waals surface area contributed by atoms with Crippen LogP contribution in [0, 0.1) is 0 Å². The summed E-state index contributed by atoms with van der Waals surface area (Å²) in [6.07, 6.45) is 4.90. The van der Waals surface area contributed by atoms with E-state index in [1.807, 2.05) is 74.5 Å². The number of rotatable bonds is 7. The molecule has 0 saturated carbocycles. The second-order valence-electron chi connectivity index (χ2n) is 8.43. The summed E-state index contributed by atoms with van der Waals surface area (Å²) in [5.74, 6) is -0.475. The van der Waals surface area contributed by atoms with E-state index >= 15 is 0 Å². The molecular formula is C27H29NO3S2. The number of fused-ring (bicyclic) bond motifs is 1. The zero-order valence-electron chi connectivity index (χ0n) is 19.0. The zero-order chi connectivity index (χ0) is 23.2. The molecule has 1 heterocycles. The number of benzene rings is 2. The molecule has 33 heavy (non-hydrogen) atoms. The highest BCUT2D eigenvalue weighted by Crippen LogP contribution is 2.41. The van der Waals surface area contributed by atoms with Crippen molar-refractivity contribution in [2.24, 2.45) is 0 Å². The minimum Gasteiger partial charge on any atom is -0.459 e. The first kappa shape index (κ1) is 23.6. The molecule has 0 fully saturated rings.